The Bertz CT molecular complexity index is 605. The summed E-state index contributed by atoms with van der Waals surface area (Å²) in [6.07, 6.45) is 6.76. The standard InChI is InChI=1S/C17H22FN3O/c1-20-13-9-19-17(20)8-12-21-10-6-14(7-11-21)22-16-5-3-2-4-15(16)18/h2-5,9,13-14H,6-8,10-12H2,1H3. The number of imidazole rings is 1. The number of aryl methyl sites for hydroxylation is 1. The molecule has 22 heavy (non-hydrogen) atoms. The number of nitrogens with zero attached hydrogens (tertiary/aromatic N) is 3. The van der Waals surface area contributed by atoms with Crippen LogP contribution in [0.1, 0.15) is 18.7 Å². The molecule has 0 atom stereocenters. The highest BCUT2D eigenvalue weighted by Crippen LogP contribution is 2.21. The maximum atomic E-state index is 13.6. The van der Waals surface area contributed by atoms with E-state index in [1.54, 1.807) is 18.2 Å². The van der Waals surface area contributed by atoms with Crippen molar-refractivity contribution in [2.75, 3.05) is 19.6 Å². The van der Waals surface area contributed by atoms with Gasteiger partial charge in [-0.05, 0) is 25.0 Å². The molecular weight excluding hydrogens is 281 g/mol. The molecule has 2 aromatic rings. The number of para-hydroxylation sites is 1. The Hall–Kier alpha value is -1.88. The molecule has 0 spiro atoms. The first-order valence-corrected chi connectivity index (χ1v) is 7.82. The van der Waals surface area contributed by atoms with Crippen molar-refractivity contribution in [3.8, 4) is 5.75 Å². The molecule has 5 heteroatoms. The van der Waals surface area contributed by atoms with Gasteiger partial charge in [0.05, 0.1) is 0 Å². The summed E-state index contributed by atoms with van der Waals surface area (Å²) in [5, 5.41) is 0. The SMILES string of the molecule is Cn1ccnc1CCN1CCC(Oc2ccccc2F)CC1. The molecule has 0 radical (unpaired) electrons. The van der Waals surface area contributed by atoms with Gasteiger partial charge in [-0.15, -0.1) is 0 Å². The third kappa shape index (κ3) is 3.65. The predicted octanol–water partition coefficient (Wildman–Crippen LogP) is 2.65. The molecular formula is C17H22FN3O. The fourth-order valence-electron chi connectivity index (χ4n) is 2.87. The van der Waals surface area contributed by atoms with Gasteiger partial charge in [0.15, 0.2) is 11.6 Å². The Balaban J connectivity index is 1.44. The highest BCUT2D eigenvalue weighted by atomic mass is 19.1. The lowest BCUT2D eigenvalue weighted by molar-refractivity contribution is 0.0974. The first kappa shape index (κ1) is 15.0. The first-order valence-electron chi connectivity index (χ1n) is 7.82. The minimum atomic E-state index is -0.278. The number of rotatable bonds is 5. The lowest BCUT2D eigenvalue weighted by Crippen LogP contribution is -2.39. The normalized spacial score (nSPS) is 16.8. The average Bonchev–Trinajstić information content (AvgIpc) is 2.94. The van der Waals surface area contributed by atoms with Crippen molar-refractivity contribution in [3.05, 3.63) is 48.3 Å². The Morgan fingerprint density at radius 3 is 2.73 bits per heavy atom. The molecule has 4 nitrogen and oxygen atoms in total. The molecule has 0 aliphatic carbocycles. The van der Waals surface area contributed by atoms with Gasteiger partial charge in [-0.25, -0.2) is 9.37 Å². The van der Waals surface area contributed by atoms with E-state index in [2.05, 4.69) is 14.5 Å². The van der Waals surface area contributed by atoms with E-state index >= 15 is 0 Å². The molecule has 118 valence electrons. The Kier molecular flexibility index (Phi) is 4.73. The predicted molar refractivity (Wildman–Crippen MR) is 83.4 cm³/mol. The van der Waals surface area contributed by atoms with Crippen molar-refractivity contribution >= 4 is 0 Å². The topological polar surface area (TPSA) is 30.3 Å². The zero-order valence-electron chi connectivity index (χ0n) is 12.9. The molecule has 2 heterocycles. The lowest BCUT2D eigenvalue weighted by atomic mass is 10.1. The summed E-state index contributed by atoms with van der Waals surface area (Å²) in [4.78, 5) is 6.78. The van der Waals surface area contributed by atoms with E-state index in [1.165, 1.54) is 6.07 Å². The molecule has 0 saturated carbocycles. The second-order valence-corrected chi connectivity index (χ2v) is 5.79. The van der Waals surface area contributed by atoms with Crippen LogP contribution in [0.15, 0.2) is 36.7 Å². The summed E-state index contributed by atoms with van der Waals surface area (Å²) in [5.41, 5.74) is 0. The number of benzene rings is 1. The molecule has 1 aliphatic heterocycles. The van der Waals surface area contributed by atoms with Gasteiger partial charge in [-0.2, -0.15) is 0 Å². The number of halogens is 1. The zero-order chi connectivity index (χ0) is 15.4. The maximum absolute atomic E-state index is 13.6. The van der Waals surface area contributed by atoms with Crippen LogP contribution in [0.2, 0.25) is 0 Å². The fraction of sp³-hybridized carbons (Fsp3) is 0.471. The van der Waals surface area contributed by atoms with Gasteiger partial charge >= 0.3 is 0 Å². The van der Waals surface area contributed by atoms with Gasteiger partial charge in [-0.3, -0.25) is 0 Å². The van der Waals surface area contributed by atoms with Crippen molar-refractivity contribution in [1.29, 1.82) is 0 Å². The number of piperidine rings is 1. The van der Waals surface area contributed by atoms with Crippen molar-refractivity contribution in [2.45, 2.75) is 25.4 Å². The van der Waals surface area contributed by atoms with Gasteiger partial charge in [0.2, 0.25) is 0 Å². The number of hydrogen-bond acceptors (Lipinski definition) is 3. The number of aromatic nitrogens is 2. The number of likely N-dealkylation sites (tertiary alicyclic amines) is 1. The van der Waals surface area contributed by atoms with Crippen LogP contribution in [-0.2, 0) is 13.5 Å². The summed E-state index contributed by atoms with van der Waals surface area (Å²) in [5.74, 6) is 1.21. The largest absolute Gasteiger partial charge is 0.487 e. The summed E-state index contributed by atoms with van der Waals surface area (Å²) < 4.78 is 21.4. The van der Waals surface area contributed by atoms with Crippen LogP contribution < -0.4 is 4.74 Å². The van der Waals surface area contributed by atoms with Crippen LogP contribution in [0.25, 0.3) is 0 Å². The van der Waals surface area contributed by atoms with Gasteiger partial charge in [0.1, 0.15) is 11.9 Å². The molecule has 0 N–H and O–H groups in total. The van der Waals surface area contributed by atoms with Gasteiger partial charge in [-0.1, -0.05) is 12.1 Å². The van der Waals surface area contributed by atoms with Crippen molar-refractivity contribution in [1.82, 2.24) is 14.5 Å². The van der Waals surface area contributed by atoms with E-state index in [1.807, 2.05) is 19.4 Å². The Labute approximate surface area is 130 Å². The monoisotopic (exact) mass is 303 g/mol. The third-order valence-electron chi connectivity index (χ3n) is 4.24. The smallest absolute Gasteiger partial charge is 0.165 e. The van der Waals surface area contributed by atoms with Crippen molar-refractivity contribution in [3.63, 3.8) is 0 Å². The summed E-state index contributed by atoms with van der Waals surface area (Å²) in [6.45, 7) is 2.99. The molecule has 1 aliphatic rings. The lowest BCUT2D eigenvalue weighted by Gasteiger charge is -2.32. The summed E-state index contributed by atoms with van der Waals surface area (Å²) in [7, 11) is 2.02. The minimum Gasteiger partial charge on any atom is -0.487 e. The molecule has 0 bridgehead atoms. The van der Waals surface area contributed by atoms with E-state index in [4.69, 9.17) is 4.74 Å². The summed E-state index contributed by atoms with van der Waals surface area (Å²) in [6, 6.07) is 6.63. The number of hydrogen-bond donors (Lipinski definition) is 0. The van der Waals surface area contributed by atoms with Crippen LogP contribution >= 0.6 is 0 Å². The fourth-order valence-corrected chi connectivity index (χ4v) is 2.87. The van der Waals surface area contributed by atoms with E-state index in [0.717, 1.165) is 44.7 Å². The molecule has 0 unspecified atom stereocenters. The molecule has 1 fully saturated rings. The highest BCUT2D eigenvalue weighted by molar-refractivity contribution is 5.23. The third-order valence-corrected chi connectivity index (χ3v) is 4.24. The quantitative estimate of drug-likeness (QED) is 0.850. The molecule has 0 amide bonds. The van der Waals surface area contributed by atoms with Gasteiger partial charge in [0.25, 0.3) is 0 Å². The molecule has 3 rings (SSSR count). The molecule has 1 aromatic carbocycles. The van der Waals surface area contributed by atoms with Crippen LogP contribution in [-0.4, -0.2) is 40.2 Å². The highest BCUT2D eigenvalue weighted by Gasteiger charge is 2.21. The van der Waals surface area contributed by atoms with E-state index < -0.39 is 0 Å². The van der Waals surface area contributed by atoms with Gasteiger partial charge < -0.3 is 14.2 Å². The summed E-state index contributed by atoms with van der Waals surface area (Å²) >= 11 is 0. The van der Waals surface area contributed by atoms with Crippen LogP contribution in [0.5, 0.6) is 5.75 Å². The van der Waals surface area contributed by atoms with E-state index in [-0.39, 0.29) is 11.9 Å². The Morgan fingerprint density at radius 2 is 2.05 bits per heavy atom. The van der Waals surface area contributed by atoms with Crippen LogP contribution in [0, 0.1) is 5.82 Å². The second kappa shape index (κ2) is 6.92. The van der Waals surface area contributed by atoms with Gasteiger partial charge in [0, 0.05) is 45.5 Å². The average molecular weight is 303 g/mol. The maximum Gasteiger partial charge on any atom is 0.165 e. The Morgan fingerprint density at radius 1 is 1.27 bits per heavy atom. The first-order chi connectivity index (χ1) is 10.7. The van der Waals surface area contributed by atoms with Crippen LogP contribution in [0.4, 0.5) is 4.39 Å². The zero-order valence-corrected chi connectivity index (χ0v) is 12.9. The van der Waals surface area contributed by atoms with E-state index in [9.17, 15) is 4.39 Å². The minimum absolute atomic E-state index is 0.112. The second-order valence-electron chi connectivity index (χ2n) is 5.79. The number of ether oxygens (including phenoxy) is 1. The van der Waals surface area contributed by atoms with Crippen LogP contribution in [0.3, 0.4) is 0 Å². The van der Waals surface area contributed by atoms with E-state index in [0.29, 0.717) is 5.75 Å². The van der Waals surface area contributed by atoms with Crippen molar-refractivity contribution < 1.29 is 9.13 Å². The molecule has 1 saturated heterocycles. The molecule has 1 aromatic heterocycles. The van der Waals surface area contributed by atoms with Crippen molar-refractivity contribution in [2.24, 2.45) is 7.05 Å².